The molecule has 2 heteroatoms. The van der Waals surface area contributed by atoms with Gasteiger partial charge in [0, 0.05) is 36.3 Å². The van der Waals surface area contributed by atoms with E-state index in [0.29, 0.717) is 0 Å². The van der Waals surface area contributed by atoms with E-state index in [1.54, 1.807) is 64.2 Å². The fourth-order valence-electron chi connectivity index (χ4n) is 16.7. The van der Waals surface area contributed by atoms with Crippen LogP contribution in [-0.4, -0.2) is 46.1 Å². The third-order valence-corrected chi connectivity index (χ3v) is 18.7. The molecule has 0 aromatic rings. The SMILES string of the molecule is C1=CCC(C2CCCC(N3C4C=CC5C(C6CCCCC6N5C5CCC(C6CCCCC6)CC5)C4C4CC(C5CCCCC5)CCC43)C2)CC1. The molecule has 0 aromatic heterocycles. The zero-order chi connectivity index (χ0) is 33.0. The van der Waals surface area contributed by atoms with Crippen LogP contribution in [0.15, 0.2) is 24.3 Å². The van der Waals surface area contributed by atoms with Crippen LogP contribution < -0.4 is 0 Å². The van der Waals surface area contributed by atoms with E-state index in [1.165, 1.54) is 116 Å². The number of hydrogen-bond acceptors (Lipinski definition) is 2. The van der Waals surface area contributed by atoms with Crippen LogP contribution in [0, 0.1) is 59.2 Å². The van der Waals surface area contributed by atoms with Gasteiger partial charge in [0.15, 0.2) is 0 Å². The van der Waals surface area contributed by atoms with Crippen LogP contribution in [0.2, 0.25) is 0 Å². The molecule has 10 rings (SSSR count). The quantitative estimate of drug-likeness (QED) is 0.267. The predicted octanol–water partition coefficient (Wildman–Crippen LogP) is 12.1. The standard InChI is InChI=1S/C48H76N2/c1-4-13-33(14-5-1)36-23-26-39(27-24-36)49-43-22-11-10-21-41(43)47-45(49)29-30-46-48(47)42-32-38(35-17-8-3-9-18-35)25-28-44(42)50(46)40-20-12-19-37(31-40)34-15-6-2-7-16-34/h2,6,29-30,33-48H,1,3-5,7-28,31-32H2. The molecule has 2 nitrogen and oxygen atoms in total. The third kappa shape index (κ3) is 6.19. The molecule has 2 saturated heterocycles. The Bertz CT molecular complexity index is 1180. The molecule has 0 N–H and O–H groups in total. The lowest BCUT2D eigenvalue weighted by molar-refractivity contribution is 0.0418. The maximum Gasteiger partial charge on any atom is 0.0319 e. The van der Waals surface area contributed by atoms with Crippen molar-refractivity contribution in [3.05, 3.63) is 24.3 Å². The predicted molar refractivity (Wildman–Crippen MR) is 209 cm³/mol. The van der Waals surface area contributed by atoms with Crippen molar-refractivity contribution in [2.24, 2.45) is 59.2 Å². The van der Waals surface area contributed by atoms with Crippen LogP contribution in [0.1, 0.15) is 180 Å². The molecular weight excluding hydrogens is 605 g/mol. The smallest absolute Gasteiger partial charge is 0.0319 e. The molecule has 50 heavy (non-hydrogen) atoms. The zero-order valence-electron chi connectivity index (χ0n) is 32.2. The van der Waals surface area contributed by atoms with E-state index < -0.39 is 0 Å². The molecule has 0 radical (unpaired) electrons. The van der Waals surface area contributed by atoms with Gasteiger partial charge >= 0.3 is 0 Å². The summed E-state index contributed by atoms with van der Waals surface area (Å²) >= 11 is 0. The van der Waals surface area contributed by atoms with Gasteiger partial charge < -0.3 is 0 Å². The molecule has 2 aliphatic heterocycles. The Balaban J connectivity index is 0.940. The van der Waals surface area contributed by atoms with Crippen molar-refractivity contribution >= 4 is 0 Å². The highest BCUT2D eigenvalue weighted by atomic mass is 15.3. The second kappa shape index (κ2) is 14.9. The number of allylic oxidation sites excluding steroid dienone is 2. The summed E-state index contributed by atoms with van der Waals surface area (Å²) in [5.41, 5.74) is 0. The van der Waals surface area contributed by atoms with Gasteiger partial charge in [0.25, 0.3) is 0 Å². The molecule has 6 saturated carbocycles. The van der Waals surface area contributed by atoms with Crippen LogP contribution in [-0.2, 0) is 0 Å². The fourth-order valence-corrected chi connectivity index (χ4v) is 16.7. The number of fused-ring (bicyclic) bond motifs is 7. The third-order valence-electron chi connectivity index (χ3n) is 18.7. The van der Waals surface area contributed by atoms with E-state index in [9.17, 15) is 0 Å². The molecule has 12 unspecified atom stereocenters. The summed E-state index contributed by atoms with van der Waals surface area (Å²) in [5, 5.41) is 0. The van der Waals surface area contributed by atoms with Gasteiger partial charge in [-0.05, 0) is 149 Å². The highest BCUT2D eigenvalue weighted by Crippen LogP contribution is 2.61. The van der Waals surface area contributed by atoms with Crippen molar-refractivity contribution in [1.29, 1.82) is 0 Å². The number of likely N-dealkylation sites (tertiary alicyclic amines) is 2. The summed E-state index contributed by atoms with van der Waals surface area (Å²) in [6.45, 7) is 0. The van der Waals surface area contributed by atoms with Crippen LogP contribution in [0.3, 0.4) is 0 Å². The Labute approximate surface area is 308 Å². The summed E-state index contributed by atoms with van der Waals surface area (Å²) in [4.78, 5) is 6.66. The van der Waals surface area contributed by atoms with Gasteiger partial charge in [-0.1, -0.05) is 114 Å². The summed E-state index contributed by atoms with van der Waals surface area (Å²) in [6, 6.07) is 5.08. The molecule has 8 fully saturated rings. The van der Waals surface area contributed by atoms with E-state index in [1.807, 2.05) is 0 Å². The van der Waals surface area contributed by atoms with E-state index >= 15 is 0 Å². The van der Waals surface area contributed by atoms with Crippen molar-refractivity contribution in [1.82, 2.24) is 9.80 Å². The maximum absolute atomic E-state index is 3.35. The van der Waals surface area contributed by atoms with Crippen LogP contribution in [0.4, 0.5) is 0 Å². The van der Waals surface area contributed by atoms with Crippen molar-refractivity contribution in [2.75, 3.05) is 0 Å². The molecule has 12 atom stereocenters. The second-order valence-electron chi connectivity index (χ2n) is 20.7. The first kappa shape index (κ1) is 33.9. The summed E-state index contributed by atoms with van der Waals surface area (Å²) in [7, 11) is 0. The van der Waals surface area contributed by atoms with E-state index in [2.05, 4.69) is 34.1 Å². The maximum atomic E-state index is 3.35. The first-order valence-corrected chi connectivity index (χ1v) is 23.7. The van der Waals surface area contributed by atoms with Gasteiger partial charge in [-0.3, -0.25) is 9.80 Å². The largest absolute Gasteiger partial charge is 0.290 e. The molecule has 2 heterocycles. The Morgan fingerprint density at radius 1 is 0.360 bits per heavy atom. The fraction of sp³-hybridized carbons (Fsp3) is 0.917. The first-order valence-electron chi connectivity index (χ1n) is 23.7. The van der Waals surface area contributed by atoms with Crippen molar-refractivity contribution in [2.45, 2.75) is 216 Å². The van der Waals surface area contributed by atoms with E-state index in [4.69, 9.17) is 0 Å². The minimum Gasteiger partial charge on any atom is -0.290 e. The Morgan fingerprint density at radius 3 is 1.68 bits per heavy atom. The summed E-state index contributed by atoms with van der Waals surface area (Å²) in [6.07, 6.45) is 53.5. The topological polar surface area (TPSA) is 6.48 Å². The van der Waals surface area contributed by atoms with E-state index in [-0.39, 0.29) is 0 Å². The van der Waals surface area contributed by atoms with Gasteiger partial charge in [-0.2, -0.15) is 0 Å². The Kier molecular flexibility index (Phi) is 10.1. The van der Waals surface area contributed by atoms with Crippen molar-refractivity contribution in [3.63, 3.8) is 0 Å². The number of rotatable bonds is 5. The first-order chi connectivity index (χ1) is 24.8. The van der Waals surface area contributed by atoms with E-state index in [0.717, 1.165) is 95.4 Å². The average molecular weight is 681 g/mol. The van der Waals surface area contributed by atoms with Gasteiger partial charge in [0.2, 0.25) is 0 Å². The molecule has 278 valence electrons. The average Bonchev–Trinajstić information content (AvgIpc) is 3.71. The van der Waals surface area contributed by atoms with Gasteiger partial charge in [0.1, 0.15) is 0 Å². The summed E-state index contributed by atoms with van der Waals surface area (Å²) < 4.78 is 0. The molecule has 0 aromatic carbocycles. The normalized spacial score (nSPS) is 49.3. The molecule has 0 spiro atoms. The number of nitrogens with zero attached hydrogens (tertiary/aromatic N) is 2. The van der Waals surface area contributed by atoms with Gasteiger partial charge in [0.05, 0.1) is 0 Å². The lowest BCUT2D eigenvalue weighted by Crippen LogP contribution is -2.51. The highest BCUT2D eigenvalue weighted by Gasteiger charge is 2.63. The molecular formula is C48H76N2. The van der Waals surface area contributed by atoms with Gasteiger partial charge in [-0.25, -0.2) is 0 Å². The minimum absolute atomic E-state index is 0.760. The monoisotopic (exact) mass is 681 g/mol. The Hall–Kier alpha value is -0.600. The second-order valence-corrected chi connectivity index (χ2v) is 20.7. The lowest BCUT2D eigenvalue weighted by atomic mass is 9.60. The number of hydrogen-bond donors (Lipinski definition) is 0. The molecule has 0 bridgehead atoms. The van der Waals surface area contributed by atoms with Crippen LogP contribution in [0.25, 0.3) is 0 Å². The van der Waals surface area contributed by atoms with Crippen molar-refractivity contribution < 1.29 is 0 Å². The molecule has 10 aliphatic rings. The molecule has 0 amide bonds. The molecule has 8 aliphatic carbocycles. The van der Waals surface area contributed by atoms with Crippen LogP contribution >= 0.6 is 0 Å². The summed E-state index contributed by atoms with van der Waals surface area (Å²) in [5.74, 6) is 10.1. The minimum atomic E-state index is 0.760. The zero-order valence-corrected chi connectivity index (χ0v) is 32.2. The van der Waals surface area contributed by atoms with Crippen LogP contribution in [0.5, 0.6) is 0 Å². The highest BCUT2D eigenvalue weighted by molar-refractivity contribution is 5.25. The lowest BCUT2D eigenvalue weighted by Gasteiger charge is -2.46. The Morgan fingerprint density at radius 2 is 0.940 bits per heavy atom. The van der Waals surface area contributed by atoms with Crippen molar-refractivity contribution in [3.8, 4) is 0 Å². The van der Waals surface area contributed by atoms with Gasteiger partial charge in [-0.15, -0.1) is 0 Å².